The van der Waals surface area contributed by atoms with Crippen molar-refractivity contribution in [3.8, 4) is 5.75 Å². The molecule has 7 heteroatoms. The van der Waals surface area contributed by atoms with Crippen LogP contribution in [-0.2, 0) is 11.2 Å². The van der Waals surface area contributed by atoms with Gasteiger partial charge >= 0.3 is 0 Å². The first-order valence-corrected chi connectivity index (χ1v) is 8.11. The van der Waals surface area contributed by atoms with Gasteiger partial charge in [0.05, 0.1) is 11.6 Å². The lowest BCUT2D eigenvalue weighted by Crippen LogP contribution is -2.40. The Bertz CT molecular complexity index is 856. The average molecular weight is 363 g/mol. The number of nitrogens with zero attached hydrogens (tertiary/aromatic N) is 1. The highest BCUT2D eigenvalue weighted by Gasteiger charge is 2.34. The molecule has 0 heterocycles. The minimum atomic E-state index is -0.695. The highest BCUT2D eigenvalue weighted by molar-refractivity contribution is 6.30. The van der Waals surface area contributed by atoms with Gasteiger partial charge < -0.3 is 15.7 Å². The zero-order valence-corrected chi connectivity index (χ0v) is 14.0. The van der Waals surface area contributed by atoms with Crippen molar-refractivity contribution in [3.63, 3.8) is 0 Å². The Balaban J connectivity index is 2.03. The maximum absolute atomic E-state index is 14.1. The lowest BCUT2D eigenvalue weighted by atomic mass is 10.0. The second-order valence-electron chi connectivity index (χ2n) is 5.93. The lowest BCUT2D eigenvalue weighted by Gasteiger charge is -2.29. The minimum Gasteiger partial charge on any atom is -0.507 e. The number of para-hydroxylation sites is 1. The zero-order valence-electron chi connectivity index (χ0n) is 13.2. The van der Waals surface area contributed by atoms with Gasteiger partial charge in [0.25, 0.3) is 5.91 Å². The van der Waals surface area contributed by atoms with E-state index in [2.05, 4.69) is 0 Å². The third-order valence-electron chi connectivity index (χ3n) is 4.32. The summed E-state index contributed by atoms with van der Waals surface area (Å²) in [6.07, 6.45) is 0.867. The molecule has 1 aliphatic rings. The van der Waals surface area contributed by atoms with Crippen LogP contribution in [0.25, 0.3) is 0 Å². The van der Waals surface area contributed by atoms with Crippen LogP contribution in [0.4, 0.5) is 4.39 Å². The molecule has 2 aromatic carbocycles. The van der Waals surface area contributed by atoms with Crippen molar-refractivity contribution in [1.29, 1.82) is 0 Å². The van der Waals surface area contributed by atoms with Crippen LogP contribution in [0.15, 0.2) is 36.4 Å². The molecule has 1 aliphatic carbocycles. The molecule has 0 bridgehead atoms. The smallest absolute Gasteiger partial charge is 0.258 e. The molecule has 1 unspecified atom stereocenters. The fourth-order valence-corrected chi connectivity index (χ4v) is 3.46. The predicted octanol–water partition coefficient (Wildman–Crippen LogP) is 2.80. The fraction of sp³-hybridized carbons (Fsp3) is 0.222. The molecular formula is C18H16ClFN2O3. The van der Waals surface area contributed by atoms with E-state index in [-0.39, 0.29) is 22.9 Å². The molecule has 0 saturated heterocycles. The molecule has 3 rings (SSSR count). The van der Waals surface area contributed by atoms with E-state index in [1.54, 1.807) is 18.2 Å². The number of carbonyl (C=O) groups is 2. The summed E-state index contributed by atoms with van der Waals surface area (Å²) in [6.45, 7) is -0.342. The molecule has 2 aromatic rings. The van der Waals surface area contributed by atoms with Gasteiger partial charge in [-0.2, -0.15) is 0 Å². The van der Waals surface area contributed by atoms with Crippen LogP contribution < -0.4 is 5.73 Å². The van der Waals surface area contributed by atoms with Crippen LogP contribution in [0.1, 0.15) is 33.9 Å². The van der Waals surface area contributed by atoms with Crippen LogP contribution in [0.5, 0.6) is 5.75 Å². The van der Waals surface area contributed by atoms with Crippen molar-refractivity contribution in [3.05, 3.63) is 63.9 Å². The largest absolute Gasteiger partial charge is 0.507 e. The number of carbonyl (C=O) groups excluding carboxylic acids is 2. The summed E-state index contributed by atoms with van der Waals surface area (Å²) in [5.41, 5.74) is 6.40. The van der Waals surface area contributed by atoms with Crippen LogP contribution in [-0.4, -0.2) is 28.4 Å². The van der Waals surface area contributed by atoms with Gasteiger partial charge in [0.2, 0.25) is 5.91 Å². The molecule has 0 aromatic heterocycles. The third-order valence-corrected chi connectivity index (χ3v) is 4.54. The van der Waals surface area contributed by atoms with E-state index in [0.29, 0.717) is 24.0 Å². The van der Waals surface area contributed by atoms with E-state index in [1.165, 1.54) is 23.1 Å². The lowest BCUT2D eigenvalue weighted by molar-refractivity contribution is -0.119. The van der Waals surface area contributed by atoms with Crippen LogP contribution in [0.3, 0.4) is 0 Å². The molecular weight excluding hydrogens is 347 g/mol. The van der Waals surface area contributed by atoms with Crippen molar-refractivity contribution in [2.75, 3.05) is 6.54 Å². The number of phenolic OH excluding ortho intramolecular Hbond substituents is 1. The van der Waals surface area contributed by atoms with Crippen molar-refractivity contribution < 1.29 is 19.1 Å². The molecule has 0 spiro atoms. The summed E-state index contributed by atoms with van der Waals surface area (Å²) >= 11 is 5.95. The van der Waals surface area contributed by atoms with Crippen LogP contribution in [0.2, 0.25) is 5.02 Å². The summed E-state index contributed by atoms with van der Waals surface area (Å²) in [6, 6.07) is 8.33. The summed E-state index contributed by atoms with van der Waals surface area (Å²) < 4.78 is 14.1. The van der Waals surface area contributed by atoms with Gasteiger partial charge in [0, 0.05) is 5.02 Å². The first-order valence-electron chi connectivity index (χ1n) is 7.73. The zero-order chi connectivity index (χ0) is 18.1. The number of amides is 2. The van der Waals surface area contributed by atoms with Gasteiger partial charge in [-0.05, 0) is 48.2 Å². The summed E-state index contributed by atoms with van der Waals surface area (Å²) in [4.78, 5) is 25.7. The molecule has 0 aliphatic heterocycles. The molecule has 1 atom stereocenters. The Hall–Kier alpha value is -2.60. The summed E-state index contributed by atoms with van der Waals surface area (Å²) in [7, 11) is 0. The van der Waals surface area contributed by atoms with Crippen LogP contribution >= 0.6 is 11.6 Å². The standard InChI is InChI=1S/C18H16ClFN2O3/c19-10-7-13-11(14(20)8-10)5-6-15(13)22(9-17(21)24)18(25)12-3-1-2-4-16(12)23/h1-4,7-8,15,23H,5-6,9H2,(H2,21,24). The van der Waals surface area contributed by atoms with E-state index < -0.39 is 23.7 Å². The molecule has 2 amide bonds. The molecule has 0 saturated carbocycles. The number of hydrogen-bond acceptors (Lipinski definition) is 3. The molecule has 25 heavy (non-hydrogen) atoms. The number of aromatic hydroxyl groups is 1. The molecule has 3 N–H and O–H groups in total. The number of fused-ring (bicyclic) bond motifs is 1. The van der Waals surface area contributed by atoms with E-state index in [4.69, 9.17) is 17.3 Å². The molecule has 5 nitrogen and oxygen atoms in total. The predicted molar refractivity (Wildman–Crippen MR) is 90.8 cm³/mol. The van der Waals surface area contributed by atoms with Gasteiger partial charge in [0.15, 0.2) is 0 Å². The maximum Gasteiger partial charge on any atom is 0.258 e. The number of phenols is 1. The van der Waals surface area contributed by atoms with Crippen molar-refractivity contribution in [2.24, 2.45) is 5.73 Å². The second-order valence-corrected chi connectivity index (χ2v) is 6.36. The van der Waals surface area contributed by atoms with Crippen LogP contribution in [0, 0.1) is 5.82 Å². The number of rotatable bonds is 4. The van der Waals surface area contributed by atoms with Gasteiger partial charge in [-0.3, -0.25) is 9.59 Å². The van der Waals surface area contributed by atoms with E-state index in [0.717, 1.165) is 0 Å². The van der Waals surface area contributed by atoms with Gasteiger partial charge in [-0.1, -0.05) is 23.7 Å². The van der Waals surface area contributed by atoms with E-state index in [9.17, 15) is 19.1 Å². The van der Waals surface area contributed by atoms with Crippen molar-refractivity contribution in [1.82, 2.24) is 4.90 Å². The highest BCUT2D eigenvalue weighted by Crippen LogP contribution is 2.39. The molecule has 0 radical (unpaired) electrons. The third kappa shape index (κ3) is 3.30. The average Bonchev–Trinajstić information content (AvgIpc) is 2.96. The normalized spacial score (nSPS) is 15.7. The monoisotopic (exact) mass is 362 g/mol. The Labute approximate surface area is 148 Å². The first-order chi connectivity index (χ1) is 11.9. The number of primary amides is 1. The van der Waals surface area contributed by atoms with E-state index in [1.807, 2.05) is 0 Å². The Morgan fingerprint density at radius 3 is 2.72 bits per heavy atom. The fourth-order valence-electron chi connectivity index (χ4n) is 3.25. The van der Waals surface area contributed by atoms with Gasteiger partial charge in [0.1, 0.15) is 18.1 Å². The van der Waals surface area contributed by atoms with Crippen molar-refractivity contribution in [2.45, 2.75) is 18.9 Å². The summed E-state index contributed by atoms with van der Waals surface area (Å²) in [5.74, 6) is -1.87. The Morgan fingerprint density at radius 2 is 2.04 bits per heavy atom. The number of benzene rings is 2. The van der Waals surface area contributed by atoms with Gasteiger partial charge in [-0.25, -0.2) is 4.39 Å². The maximum atomic E-state index is 14.1. The quantitative estimate of drug-likeness (QED) is 0.877. The minimum absolute atomic E-state index is 0.0553. The number of hydrogen-bond donors (Lipinski definition) is 2. The second kappa shape index (κ2) is 6.72. The highest BCUT2D eigenvalue weighted by atomic mass is 35.5. The van der Waals surface area contributed by atoms with E-state index >= 15 is 0 Å². The van der Waals surface area contributed by atoms with Gasteiger partial charge in [-0.15, -0.1) is 0 Å². The molecule has 0 fully saturated rings. The molecule has 130 valence electrons. The number of nitrogens with two attached hydrogens (primary N) is 1. The Morgan fingerprint density at radius 1 is 1.32 bits per heavy atom. The summed E-state index contributed by atoms with van der Waals surface area (Å²) in [5, 5.41) is 10.2. The SMILES string of the molecule is NC(=O)CN(C(=O)c1ccccc1O)C1CCc2c(F)cc(Cl)cc21. The van der Waals surface area contributed by atoms with Crippen molar-refractivity contribution >= 4 is 23.4 Å². The number of halogens is 2. The Kier molecular flexibility index (Phi) is 4.63. The first kappa shape index (κ1) is 17.2. The topological polar surface area (TPSA) is 83.6 Å².